The van der Waals surface area contributed by atoms with E-state index in [1.165, 1.54) is 0 Å². The molecule has 0 bridgehead atoms. The van der Waals surface area contributed by atoms with E-state index in [4.69, 9.17) is 4.99 Å². The molecule has 0 unspecified atom stereocenters. The van der Waals surface area contributed by atoms with Crippen molar-refractivity contribution in [3.63, 3.8) is 0 Å². The fourth-order valence-electron chi connectivity index (χ4n) is 3.33. The molecule has 0 aliphatic rings. The highest BCUT2D eigenvalue weighted by atomic mass is 127. The number of benzene rings is 1. The van der Waals surface area contributed by atoms with Crippen molar-refractivity contribution in [2.75, 3.05) is 45.6 Å². The molecule has 0 aliphatic heterocycles. The molecule has 1 aromatic rings. The summed E-state index contributed by atoms with van der Waals surface area (Å²) in [5.74, 6) is 0.799. The van der Waals surface area contributed by atoms with Crippen LogP contribution in [0.2, 0.25) is 0 Å². The number of nitrogens with zero attached hydrogens (tertiary/aromatic N) is 3. The van der Waals surface area contributed by atoms with E-state index in [9.17, 15) is 4.79 Å². The smallest absolute Gasteiger partial charge is 0.238 e. The summed E-state index contributed by atoms with van der Waals surface area (Å²) < 4.78 is 0. The van der Waals surface area contributed by atoms with Gasteiger partial charge in [-0.15, -0.1) is 24.0 Å². The van der Waals surface area contributed by atoms with E-state index in [-0.39, 0.29) is 29.9 Å². The number of halogens is 1. The van der Waals surface area contributed by atoms with Gasteiger partial charge in [-0.25, -0.2) is 4.99 Å². The molecule has 1 rings (SSSR count). The standard InChI is InChI=1S/C23H42N6O.HI/c1-8-24-23(25-13-10-14-29(18(2)3)19(4)5)26-16-20-11-9-12-21(15-20)27-22(30)17-28(6)7;/h9,11-12,15,18-19H,8,10,13-14,16-17H2,1-7H3,(H,27,30)(H2,24,25,26);1H. The zero-order valence-electron chi connectivity index (χ0n) is 20.4. The van der Waals surface area contributed by atoms with E-state index in [0.717, 1.165) is 43.3 Å². The van der Waals surface area contributed by atoms with Crippen LogP contribution in [0.5, 0.6) is 0 Å². The van der Waals surface area contributed by atoms with Gasteiger partial charge in [0, 0.05) is 37.4 Å². The highest BCUT2D eigenvalue weighted by Crippen LogP contribution is 2.11. The Kier molecular flexibility index (Phi) is 15.5. The van der Waals surface area contributed by atoms with Gasteiger partial charge in [-0.3, -0.25) is 9.69 Å². The van der Waals surface area contributed by atoms with Gasteiger partial charge in [-0.2, -0.15) is 0 Å². The molecule has 0 spiro atoms. The van der Waals surface area contributed by atoms with E-state index in [1.807, 2.05) is 43.3 Å². The number of amides is 1. The minimum Gasteiger partial charge on any atom is -0.357 e. The number of carbonyl (C=O) groups is 1. The van der Waals surface area contributed by atoms with E-state index >= 15 is 0 Å². The number of carbonyl (C=O) groups excluding carboxylic acids is 1. The predicted molar refractivity (Wildman–Crippen MR) is 143 cm³/mol. The molecule has 31 heavy (non-hydrogen) atoms. The average Bonchev–Trinajstić information content (AvgIpc) is 2.64. The van der Waals surface area contributed by atoms with Crippen LogP contribution >= 0.6 is 24.0 Å². The largest absolute Gasteiger partial charge is 0.357 e. The van der Waals surface area contributed by atoms with E-state index in [2.05, 4.69) is 55.5 Å². The monoisotopic (exact) mass is 546 g/mol. The highest BCUT2D eigenvalue weighted by molar-refractivity contribution is 14.0. The summed E-state index contributed by atoms with van der Waals surface area (Å²) in [4.78, 5) is 21.0. The Hall–Kier alpha value is -1.39. The maximum absolute atomic E-state index is 12.0. The molecule has 3 N–H and O–H groups in total. The van der Waals surface area contributed by atoms with Gasteiger partial charge >= 0.3 is 0 Å². The van der Waals surface area contributed by atoms with Gasteiger partial charge in [0.15, 0.2) is 5.96 Å². The first-order valence-electron chi connectivity index (χ1n) is 11.0. The first kappa shape index (κ1) is 29.6. The predicted octanol–water partition coefficient (Wildman–Crippen LogP) is 3.37. The Labute approximate surface area is 206 Å². The van der Waals surface area contributed by atoms with Crippen molar-refractivity contribution in [3.05, 3.63) is 29.8 Å². The van der Waals surface area contributed by atoms with Crippen LogP contribution in [-0.2, 0) is 11.3 Å². The Morgan fingerprint density at radius 3 is 2.35 bits per heavy atom. The highest BCUT2D eigenvalue weighted by Gasteiger charge is 2.12. The lowest BCUT2D eigenvalue weighted by molar-refractivity contribution is -0.116. The van der Waals surface area contributed by atoms with Crippen LogP contribution in [0.4, 0.5) is 5.69 Å². The Morgan fingerprint density at radius 1 is 1.10 bits per heavy atom. The summed E-state index contributed by atoms with van der Waals surface area (Å²) in [5, 5.41) is 9.67. The van der Waals surface area contributed by atoms with Crippen LogP contribution in [-0.4, -0.2) is 74.0 Å². The number of hydrogen-bond donors (Lipinski definition) is 3. The second-order valence-electron chi connectivity index (χ2n) is 8.39. The van der Waals surface area contributed by atoms with Crippen LogP contribution < -0.4 is 16.0 Å². The summed E-state index contributed by atoms with van der Waals surface area (Å²) in [6, 6.07) is 8.96. The van der Waals surface area contributed by atoms with Crippen molar-refractivity contribution in [3.8, 4) is 0 Å². The van der Waals surface area contributed by atoms with Gasteiger partial charge in [0.2, 0.25) is 5.91 Å². The summed E-state index contributed by atoms with van der Waals surface area (Å²) in [6.07, 6.45) is 1.06. The van der Waals surface area contributed by atoms with Crippen LogP contribution in [0.3, 0.4) is 0 Å². The van der Waals surface area contributed by atoms with Crippen molar-refractivity contribution in [2.45, 2.75) is 59.7 Å². The minimum absolute atomic E-state index is 0. The van der Waals surface area contributed by atoms with Crippen molar-refractivity contribution in [1.29, 1.82) is 0 Å². The number of aliphatic imine (C=N–C) groups is 1. The first-order valence-corrected chi connectivity index (χ1v) is 11.0. The normalized spacial score (nSPS) is 11.8. The van der Waals surface area contributed by atoms with Crippen LogP contribution in [0.15, 0.2) is 29.3 Å². The van der Waals surface area contributed by atoms with Gasteiger partial charge in [0.05, 0.1) is 13.1 Å². The second kappa shape index (κ2) is 16.3. The lowest BCUT2D eigenvalue weighted by Crippen LogP contribution is -2.41. The minimum atomic E-state index is -0.0208. The molecule has 7 nitrogen and oxygen atoms in total. The number of nitrogens with one attached hydrogen (secondary N) is 3. The summed E-state index contributed by atoms with van der Waals surface area (Å²) in [6.45, 7) is 14.7. The van der Waals surface area contributed by atoms with Crippen LogP contribution in [0, 0.1) is 0 Å². The van der Waals surface area contributed by atoms with Crippen molar-refractivity contribution >= 4 is 41.5 Å². The van der Waals surface area contributed by atoms with Gasteiger partial charge in [-0.05, 0) is 72.8 Å². The van der Waals surface area contributed by atoms with Crippen LogP contribution in [0.25, 0.3) is 0 Å². The Balaban J connectivity index is 0.00000900. The molecular formula is C23H43IN6O. The zero-order valence-corrected chi connectivity index (χ0v) is 22.7. The number of rotatable bonds is 12. The third kappa shape index (κ3) is 12.9. The molecule has 1 aromatic carbocycles. The molecular weight excluding hydrogens is 503 g/mol. The molecule has 0 saturated heterocycles. The molecule has 0 aliphatic carbocycles. The summed E-state index contributed by atoms with van der Waals surface area (Å²) >= 11 is 0. The molecule has 8 heteroatoms. The maximum atomic E-state index is 12.0. The number of guanidine groups is 1. The summed E-state index contributed by atoms with van der Waals surface area (Å²) in [5.41, 5.74) is 1.86. The molecule has 0 saturated carbocycles. The second-order valence-corrected chi connectivity index (χ2v) is 8.39. The average molecular weight is 547 g/mol. The Morgan fingerprint density at radius 2 is 1.77 bits per heavy atom. The fraction of sp³-hybridized carbons (Fsp3) is 0.652. The molecule has 0 radical (unpaired) electrons. The molecule has 1 amide bonds. The lowest BCUT2D eigenvalue weighted by atomic mass is 10.2. The van der Waals surface area contributed by atoms with Crippen molar-refractivity contribution in [1.82, 2.24) is 20.4 Å². The molecule has 0 aromatic heterocycles. The number of likely N-dealkylation sites (N-methyl/N-ethyl adjacent to an activating group) is 1. The lowest BCUT2D eigenvalue weighted by Gasteiger charge is -2.30. The van der Waals surface area contributed by atoms with E-state index < -0.39 is 0 Å². The molecule has 178 valence electrons. The number of hydrogen-bond acceptors (Lipinski definition) is 4. The topological polar surface area (TPSA) is 72.0 Å². The van der Waals surface area contributed by atoms with Gasteiger partial charge in [0.25, 0.3) is 0 Å². The van der Waals surface area contributed by atoms with Crippen LogP contribution in [0.1, 0.15) is 46.6 Å². The summed E-state index contributed by atoms with van der Waals surface area (Å²) in [7, 11) is 3.76. The van der Waals surface area contributed by atoms with Gasteiger partial charge < -0.3 is 20.9 Å². The SMILES string of the molecule is CCNC(=NCc1cccc(NC(=O)CN(C)C)c1)NCCCN(C(C)C)C(C)C.I. The van der Waals surface area contributed by atoms with E-state index in [0.29, 0.717) is 25.2 Å². The third-order valence-corrected chi connectivity index (χ3v) is 4.65. The zero-order chi connectivity index (χ0) is 22.5. The third-order valence-electron chi connectivity index (χ3n) is 4.65. The van der Waals surface area contributed by atoms with Crippen molar-refractivity contribution < 1.29 is 4.79 Å². The Bertz CT molecular complexity index is 655. The number of anilines is 1. The quantitative estimate of drug-likeness (QED) is 0.162. The maximum Gasteiger partial charge on any atom is 0.238 e. The molecule has 0 heterocycles. The fourth-order valence-corrected chi connectivity index (χ4v) is 3.33. The van der Waals surface area contributed by atoms with E-state index in [1.54, 1.807) is 0 Å². The molecule has 0 fully saturated rings. The first-order chi connectivity index (χ1) is 14.2. The van der Waals surface area contributed by atoms with Gasteiger partial charge in [-0.1, -0.05) is 12.1 Å². The van der Waals surface area contributed by atoms with Crippen molar-refractivity contribution in [2.24, 2.45) is 4.99 Å². The molecule has 0 atom stereocenters. The van der Waals surface area contributed by atoms with Gasteiger partial charge in [0.1, 0.15) is 0 Å².